The minimum Gasteiger partial charge on any atom is -0.488 e. The molecule has 1 aromatic rings. The number of halogens is 1. The first-order valence-corrected chi connectivity index (χ1v) is 7.61. The quantitative estimate of drug-likeness (QED) is 0.902. The zero-order chi connectivity index (χ0) is 14.7. The summed E-state index contributed by atoms with van der Waals surface area (Å²) in [7, 11) is 1.98. The standard InChI is InChI=1S/C17H26FNO/c1-11(2)13-6-8-15(19-4)17(9-13)20-16-10-14(18)7-5-12(16)3/h5,7,10-11,13,15,17,19H,6,8-9H2,1-4H3. The van der Waals surface area contributed by atoms with Gasteiger partial charge in [0, 0.05) is 12.1 Å². The molecule has 0 amide bonds. The normalized spacial score (nSPS) is 26.8. The van der Waals surface area contributed by atoms with E-state index < -0.39 is 0 Å². The predicted molar refractivity (Wildman–Crippen MR) is 80.6 cm³/mol. The van der Waals surface area contributed by atoms with Crippen molar-refractivity contribution in [3.8, 4) is 5.75 Å². The SMILES string of the molecule is CNC1CCC(C(C)C)CC1Oc1cc(F)ccc1C. The summed E-state index contributed by atoms with van der Waals surface area (Å²) < 4.78 is 19.5. The van der Waals surface area contributed by atoms with Gasteiger partial charge in [-0.15, -0.1) is 0 Å². The van der Waals surface area contributed by atoms with Crippen molar-refractivity contribution in [1.29, 1.82) is 0 Å². The molecule has 0 aliphatic heterocycles. The van der Waals surface area contributed by atoms with Gasteiger partial charge in [0.1, 0.15) is 17.7 Å². The monoisotopic (exact) mass is 279 g/mol. The van der Waals surface area contributed by atoms with Crippen molar-refractivity contribution in [2.24, 2.45) is 11.8 Å². The third-order valence-electron chi connectivity index (χ3n) is 4.57. The summed E-state index contributed by atoms with van der Waals surface area (Å²) in [5, 5.41) is 3.35. The Morgan fingerprint density at radius 1 is 1.30 bits per heavy atom. The zero-order valence-electron chi connectivity index (χ0n) is 12.9. The third kappa shape index (κ3) is 3.51. The molecular weight excluding hydrogens is 253 g/mol. The van der Waals surface area contributed by atoms with Crippen molar-refractivity contribution in [3.05, 3.63) is 29.6 Å². The Hall–Kier alpha value is -1.09. The van der Waals surface area contributed by atoms with E-state index >= 15 is 0 Å². The Morgan fingerprint density at radius 3 is 2.70 bits per heavy atom. The molecule has 1 aliphatic rings. The fourth-order valence-corrected chi connectivity index (χ4v) is 3.09. The minimum absolute atomic E-state index is 0.127. The van der Waals surface area contributed by atoms with E-state index in [1.165, 1.54) is 18.6 Å². The molecule has 3 atom stereocenters. The van der Waals surface area contributed by atoms with Gasteiger partial charge in [0.2, 0.25) is 0 Å². The lowest BCUT2D eigenvalue weighted by Gasteiger charge is -2.38. The van der Waals surface area contributed by atoms with Crippen LogP contribution in [0.25, 0.3) is 0 Å². The minimum atomic E-state index is -0.233. The molecule has 2 rings (SSSR count). The van der Waals surface area contributed by atoms with Crippen molar-refractivity contribution in [2.75, 3.05) is 7.05 Å². The Bertz CT molecular complexity index is 447. The number of nitrogens with one attached hydrogen (secondary N) is 1. The second-order valence-electron chi connectivity index (χ2n) is 6.28. The molecule has 1 N–H and O–H groups in total. The zero-order valence-corrected chi connectivity index (χ0v) is 12.9. The van der Waals surface area contributed by atoms with E-state index in [-0.39, 0.29) is 11.9 Å². The molecule has 3 heteroatoms. The molecule has 1 aliphatic carbocycles. The lowest BCUT2D eigenvalue weighted by atomic mass is 9.78. The second-order valence-corrected chi connectivity index (χ2v) is 6.28. The van der Waals surface area contributed by atoms with Gasteiger partial charge in [0.25, 0.3) is 0 Å². The number of hydrogen-bond acceptors (Lipinski definition) is 2. The van der Waals surface area contributed by atoms with E-state index in [9.17, 15) is 4.39 Å². The van der Waals surface area contributed by atoms with Crippen LogP contribution >= 0.6 is 0 Å². The third-order valence-corrected chi connectivity index (χ3v) is 4.57. The average Bonchev–Trinajstić information content (AvgIpc) is 2.42. The first-order chi connectivity index (χ1) is 9.51. The summed E-state index contributed by atoms with van der Waals surface area (Å²) in [6, 6.07) is 5.12. The van der Waals surface area contributed by atoms with Crippen molar-refractivity contribution in [3.63, 3.8) is 0 Å². The van der Waals surface area contributed by atoms with Gasteiger partial charge < -0.3 is 10.1 Å². The van der Waals surface area contributed by atoms with E-state index in [4.69, 9.17) is 4.74 Å². The van der Waals surface area contributed by atoms with Gasteiger partial charge in [0.05, 0.1) is 0 Å². The van der Waals surface area contributed by atoms with Crippen LogP contribution in [-0.2, 0) is 0 Å². The highest BCUT2D eigenvalue weighted by Crippen LogP contribution is 2.33. The summed E-state index contributed by atoms with van der Waals surface area (Å²) in [5.74, 6) is 1.81. The Morgan fingerprint density at radius 2 is 2.05 bits per heavy atom. The van der Waals surface area contributed by atoms with Gasteiger partial charge >= 0.3 is 0 Å². The van der Waals surface area contributed by atoms with Crippen LogP contribution in [0.15, 0.2) is 18.2 Å². The number of ether oxygens (including phenoxy) is 1. The van der Waals surface area contributed by atoms with E-state index in [0.29, 0.717) is 23.6 Å². The molecule has 0 heterocycles. The Labute approximate surface area is 121 Å². The Kier molecular flexibility index (Phi) is 5.03. The van der Waals surface area contributed by atoms with E-state index in [0.717, 1.165) is 18.4 Å². The van der Waals surface area contributed by atoms with Gasteiger partial charge in [-0.1, -0.05) is 19.9 Å². The van der Waals surface area contributed by atoms with Crippen LogP contribution < -0.4 is 10.1 Å². The molecule has 0 aromatic heterocycles. The van der Waals surface area contributed by atoms with Crippen LogP contribution in [0.1, 0.15) is 38.7 Å². The van der Waals surface area contributed by atoms with Gasteiger partial charge in [0.15, 0.2) is 0 Å². The molecule has 0 bridgehead atoms. The van der Waals surface area contributed by atoms with E-state index in [2.05, 4.69) is 19.2 Å². The summed E-state index contributed by atoms with van der Waals surface area (Å²) in [6.07, 6.45) is 3.53. The van der Waals surface area contributed by atoms with Crippen LogP contribution in [0.4, 0.5) is 4.39 Å². The highest BCUT2D eigenvalue weighted by atomic mass is 19.1. The fraction of sp³-hybridized carbons (Fsp3) is 0.647. The first-order valence-electron chi connectivity index (χ1n) is 7.61. The second kappa shape index (κ2) is 6.57. The van der Waals surface area contributed by atoms with Crippen LogP contribution in [0, 0.1) is 24.6 Å². The molecule has 1 saturated carbocycles. The van der Waals surface area contributed by atoms with Gasteiger partial charge in [-0.25, -0.2) is 4.39 Å². The molecule has 20 heavy (non-hydrogen) atoms. The highest BCUT2D eigenvalue weighted by molar-refractivity contribution is 5.33. The van der Waals surface area contributed by atoms with Gasteiger partial charge in [-0.3, -0.25) is 0 Å². The molecule has 0 saturated heterocycles. The Balaban J connectivity index is 2.13. The van der Waals surface area contributed by atoms with Crippen molar-refractivity contribution in [1.82, 2.24) is 5.32 Å². The summed E-state index contributed by atoms with van der Waals surface area (Å²) in [6.45, 7) is 6.51. The van der Waals surface area contributed by atoms with Crippen molar-refractivity contribution >= 4 is 0 Å². The lowest BCUT2D eigenvalue weighted by Crippen LogP contribution is -2.46. The van der Waals surface area contributed by atoms with Crippen molar-refractivity contribution < 1.29 is 9.13 Å². The van der Waals surface area contributed by atoms with Crippen LogP contribution in [-0.4, -0.2) is 19.2 Å². The molecule has 0 radical (unpaired) electrons. The van der Waals surface area contributed by atoms with E-state index in [1.54, 1.807) is 6.07 Å². The molecule has 0 spiro atoms. The predicted octanol–water partition coefficient (Wildman–Crippen LogP) is 3.93. The largest absolute Gasteiger partial charge is 0.488 e. The first kappa shape index (κ1) is 15.3. The molecule has 112 valence electrons. The van der Waals surface area contributed by atoms with Crippen LogP contribution in [0.5, 0.6) is 5.75 Å². The van der Waals surface area contributed by atoms with Gasteiger partial charge in [-0.2, -0.15) is 0 Å². The number of likely N-dealkylation sites (N-methyl/N-ethyl adjacent to an activating group) is 1. The highest BCUT2D eigenvalue weighted by Gasteiger charge is 2.32. The van der Waals surface area contributed by atoms with Crippen molar-refractivity contribution in [2.45, 2.75) is 52.2 Å². The molecule has 1 fully saturated rings. The number of hydrogen-bond donors (Lipinski definition) is 1. The summed E-state index contributed by atoms with van der Waals surface area (Å²) in [5.41, 5.74) is 0.993. The smallest absolute Gasteiger partial charge is 0.126 e. The van der Waals surface area contributed by atoms with Crippen LogP contribution in [0.2, 0.25) is 0 Å². The maximum Gasteiger partial charge on any atom is 0.126 e. The van der Waals surface area contributed by atoms with Crippen LogP contribution in [0.3, 0.4) is 0 Å². The molecule has 3 unspecified atom stereocenters. The lowest BCUT2D eigenvalue weighted by molar-refractivity contribution is 0.0742. The topological polar surface area (TPSA) is 21.3 Å². The maximum atomic E-state index is 13.4. The van der Waals surface area contributed by atoms with Gasteiger partial charge in [-0.05, 0) is 56.7 Å². The molecule has 1 aromatic carbocycles. The number of benzene rings is 1. The number of rotatable bonds is 4. The summed E-state index contributed by atoms with van der Waals surface area (Å²) in [4.78, 5) is 0. The molecular formula is C17H26FNO. The maximum absolute atomic E-state index is 13.4. The van der Waals surface area contributed by atoms with E-state index in [1.807, 2.05) is 14.0 Å². The number of aryl methyl sites for hydroxylation is 1. The molecule has 2 nitrogen and oxygen atoms in total. The average molecular weight is 279 g/mol. The fourth-order valence-electron chi connectivity index (χ4n) is 3.09. The summed E-state index contributed by atoms with van der Waals surface area (Å²) >= 11 is 0.